The number of amides is 1. The second-order valence-corrected chi connectivity index (χ2v) is 5.76. The van der Waals surface area contributed by atoms with Gasteiger partial charge in [0.05, 0.1) is 18.4 Å². The lowest BCUT2D eigenvalue weighted by molar-refractivity contribution is -0.113. The van der Waals surface area contributed by atoms with Crippen LogP contribution in [0.25, 0.3) is 0 Å². The number of carboxylic acids is 1. The Morgan fingerprint density at radius 2 is 1.74 bits per heavy atom. The average molecular weight is 331 g/mol. The quantitative estimate of drug-likeness (QED) is 0.814. The van der Waals surface area contributed by atoms with E-state index >= 15 is 0 Å². The number of carbonyl (C=O) groups excluding carboxylic acids is 1. The smallest absolute Gasteiger partial charge is 0.335 e. The molecule has 0 aliphatic heterocycles. The van der Waals surface area contributed by atoms with Crippen molar-refractivity contribution in [3.8, 4) is 5.75 Å². The van der Waals surface area contributed by atoms with Gasteiger partial charge in [-0.05, 0) is 42.0 Å². The minimum atomic E-state index is -0.942. The Morgan fingerprint density at radius 3 is 2.30 bits per heavy atom. The van der Waals surface area contributed by atoms with Gasteiger partial charge in [0.2, 0.25) is 5.91 Å². The third-order valence-electron chi connectivity index (χ3n) is 3.08. The van der Waals surface area contributed by atoms with E-state index < -0.39 is 5.97 Å². The monoisotopic (exact) mass is 331 g/mol. The van der Waals surface area contributed by atoms with Gasteiger partial charge in [-0.2, -0.15) is 0 Å². The summed E-state index contributed by atoms with van der Waals surface area (Å²) in [5.74, 6) is 0.690. The van der Waals surface area contributed by atoms with Gasteiger partial charge in [0.25, 0.3) is 0 Å². The summed E-state index contributed by atoms with van der Waals surface area (Å²) in [6.07, 6.45) is 0. The molecular formula is C17H17NO4S. The van der Waals surface area contributed by atoms with Crippen molar-refractivity contribution in [1.82, 2.24) is 0 Å². The zero-order valence-electron chi connectivity index (χ0n) is 12.6. The number of methoxy groups -OCH3 is 1. The van der Waals surface area contributed by atoms with E-state index in [0.717, 1.165) is 17.0 Å². The van der Waals surface area contributed by atoms with Crippen LogP contribution >= 0.6 is 11.8 Å². The second-order valence-electron chi connectivity index (χ2n) is 4.77. The lowest BCUT2D eigenvalue weighted by Gasteiger charge is -2.06. The van der Waals surface area contributed by atoms with E-state index in [0.29, 0.717) is 11.5 Å². The summed E-state index contributed by atoms with van der Waals surface area (Å²) in [5.41, 5.74) is 1.97. The van der Waals surface area contributed by atoms with Gasteiger partial charge < -0.3 is 15.2 Å². The lowest BCUT2D eigenvalue weighted by Crippen LogP contribution is -2.14. The van der Waals surface area contributed by atoms with Gasteiger partial charge in [0.1, 0.15) is 5.75 Å². The Morgan fingerprint density at radius 1 is 1.09 bits per heavy atom. The van der Waals surface area contributed by atoms with Crippen molar-refractivity contribution in [2.45, 2.75) is 5.75 Å². The second kappa shape index (κ2) is 8.24. The molecule has 2 aromatic rings. The molecule has 0 unspecified atom stereocenters. The summed E-state index contributed by atoms with van der Waals surface area (Å²) >= 11 is 1.47. The van der Waals surface area contributed by atoms with E-state index in [1.54, 1.807) is 55.6 Å². The number of thioether (sulfide) groups is 1. The van der Waals surface area contributed by atoms with Crippen molar-refractivity contribution in [2.24, 2.45) is 0 Å². The Labute approximate surface area is 138 Å². The molecule has 6 heteroatoms. The highest BCUT2D eigenvalue weighted by Crippen LogP contribution is 2.17. The maximum Gasteiger partial charge on any atom is 0.335 e. The molecule has 5 nitrogen and oxygen atoms in total. The molecule has 0 aliphatic rings. The number of carbonyl (C=O) groups is 2. The van der Waals surface area contributed by atoms with Crippen molar-refractivity contribution >= 4 is 29.3 Å². The fourth-order valence-electron chi connectivity index (χ4n) is 1.88. The fourth-order valence-corrected chi connectivity index (χ4v) is 2.66. The third kappa shape index (κ3) is 5.34. The van der Waals surface area contributed by atoms with Crippen LogP contribution in [0.4, 0.5) is 5.69 Å². The molecule has 0 radical (unpaired) electrons. The molecule has 0 aliphatic carbocycles. The van der Waals surface area contributed by atoms with Gasteiger partial charge in [-0.1, -0.05) is 12.1 Å². The van der Waals surface area contributed by atoms with Crippen LogP contribution in [-0.2, 0) is 10.5 Å². The number of anilines is 1. The predicted molar refractivity (Wildman–Crippen MR) is 91.2 cm³/mol. The van der Waals surface area contributed by atoms with Crippen LogP contribution in [0.1, 0.15) is 15.9 Å². The molecule has 120 valence electrons. The Hall–Kier alpha value is -2.47. The van der Waals surface area contributed by atoms with Crippen LogP contribution in [-0.4, -0.2) is 29.8 Å². The summed E-state index contributed by atoms with van der Waals surface area (Å²) in [7, 11) is 1.59. The van der Waals surface area contributed by atoms with Gasteiger partial charge in [-0.3, -0.25) is 4.79 Å². The molecule has 0 spiro atoms. The van der Waals surface area contributed by atoms with Gasteiger partial charge in [0.15, 0.2) is 0 Å². The highest BCUT2D eigenvalue weighted by Gasteiger charge is 2.05. The van der Waals surface area contributed by atoms with Crippen molar-refractivity contribution in [1.29, 1.82) is 0 Å². The molecule has 0 bridgehead atoms. The van der Waals surface area contributed by atoms with Crippen LogP contribution in [0.2, 0.25) is 0 Å². The molecule has 1 amide bonds. The van der Waals surface area contributed by atoms with E-state index in [9.17, 15) is 9.59 Å². The zero-order chi connectivity index (χ0) is 16.7. The standard InChI is InChI=1S/C17H17NO4S/c1-22-15-8-6-14(7-9-15)18-16(19)11-23-10-12-2-4-13(5-3-12)17(20)21/h2-9H,10-11H2,1H3,(H,18,19)(H,20,21). The minimum absolute atomic E-state index is 0.0812. The first kappa shape index (κ1) is 16.9. The summed E-state index contributed by atoms with van der Waals surface area (Å²) in [4.78, 5) is 22.6. The molecule has 0 saturated heterocycles. The lowest BCUT2D eigenvalue weighted by atomic mass is 10.1. The average Bonchev–Trinajstić information content (AvgIpc) is 2.56. The molecule has 0 aromatic heterocycles. The molecule has 23 heavy (non-hydrogen) atoms. The maximum atomic E-state index is 11.9. The fraction of sp³-hybridized carbons (Fsp3) is 0.176. The van der Waals surface area contributed by atoms with E-state index in [-0.39, 0.29) is 11.5 Å². The van der Waals surface area contributed by atoms with Gasteiger partial charge in [0, 0.05) is 11.4 Å². The van der Waals surface area contributed by atoms with E-state index in [4.69, 9.17) is 9.84 Å². The van der Waals surface area contributed by atoms with E-state index in [2.05, 4.69) is 5.32 Å². The number of ether oxygens (including phenoxy) is 1. The third-order valence-corrected chi connectivity index (χ3v) is 4.08. The van der Waals surface area contributed by atoms with Crippen molar-refractivity contribution in [3.05, 3.63) is 59.7 Å². The number of nitrogens with one attached hydrogen (secondary N) is 1. The topological polar surface area (TPSA) is 75.6 Å². The molecular weight excluding hydrogens is 314 g/mol. The highest BCUT2D eigenvalue weighted by atomic mass is 32.2. The van der Waals surface area contributed by atoms with Gasteiger partial charge in [-0.25, -0.2) is 4.79 Å². The van der Waals surface area contributed by atoms with Crippen LogP contribution in [0.15, 0.2) is 48.5 Å². The summed E-state index contributed by atoms with van der Waals surface area (Å²) in [6.45, 7) is 0. The predicted octanol–water partition coefficient (Wildman–Crippen LogP) is 3.27. The summed E-state index contributed by atoms with van der Waals surface area (Å²) in [5, 5.41) is 11.6. The highest BCUT2D eigenvalue weighted by molar-refractivity contribution is 7.99. The zero-order valence-corrected chi connectivity index (χ0v) is 13.4. The SMILES string of the molecule is COc1ccc(NC(=O)CSCc2ccc(C(=O)O)cc2)cc1. The van der Waals surface area contributed by atoms with Gasteiger partial charge in [-0.15, -0.1) is 11.8 Å². The molecule has 0 fully saturated rings. The number of rotatable bonds is 7. The Kier molecular flexibility index (Phi) is 6.05. The molecule has 2 rings (SSSR count). The number of benzene rings is 2. The van der Waals surface area contributed by atoms with Crippen LogP contribution < -0.4 is 10.1 Å². The molecule has 2 aromatic carbocycles. The van der Waals surface area contributed by atoms with Crippen LogP contribution in [0, 0.1) is 0 Å². The van der Waals surface area contributed by atoms with Crippen LogP contribution in [0.5, 0.6) is 5.75 Å². The van der Waals surface area contributed by atoms with Crippen molar-refractivity contribution in [3.63, 3.8) is 0 Å². The largest absolute Gasteiger partial charge is 0.497 e. The number of hydrogen-bond acceptors (Lipinski definition) is 4. The maximum absolute atomic E-state index is 11.9. The Bertz CT molecular complexity index is 668. The van der Waals surface area contributed by atoms with Crippen molar-refractivity contribution in [2.75, 3.05) is 18.2 Å². The number of carboxylic acid groups (broad SMARTS) is 1. The first-order chi connectivity index (χ1) is 11.1. The summed E-state index contributed by atoms with van der Waals surface area (Å²) < 4.78 is 5.06. The molecule has 2 N–H and O–H groups in total. The normalized spacial score (nSPS) is 10.1. The van der Waals surface area contributed by atoms with Crippen molar-refractivity contribution < 1.29 is 19.4 Å². The first-order valence-electron chi connectivity index (χ1n) is 6.92. The summed E-state index contributed by atoms with van der Waals surface area (Å²) in [6, 6.07) is 13.8. The Balaban J connectivity index is 1.76. The molecule has 0 atom stereocenters. The van der Waals surface area contributed by atoms with Crippen LogP contribution in [0.3, 0.4) is 0 Å². The molecule has 0 heterocycles. The number of aromatic carboxylic acids is 1. The first-order valence-corrected chi connectivity index (χ1v) is 8.08. The van der Waals surface area contributed by atoms with E-state index in [1.807, 2.05) is 0 Å². The number of hydrogen-bond donors (Lipinski definition) is 2. The van der Waals surface area contributed by atoms with E-state index in [1.165, 1.54) is 11.8 Å². The van der Waals surface area contributed by atoms with Gasteiger partial charge >= 0.3 is 5.97 Å². The molecule has 0 saturated carbocycles. The minimum Gasteiger partial charge on any atom is -0.497 e.